The van der Waals surface area contributed by atoms with Gasteiger partial charge in [0.05, 0.1) is 6.61 Å². The summed E-state index contributed by atoms with van der Waals surface area (Å²) in [7, 11) is 0. The van der Waals surface area contributed by atoms with E-state index in [1.165, 1.54) is 4.90 Å². The Bertz CT molecular complexity index is 1090. The molecule has 3 N–H and O–H groups in total. The maximum atomic E-state index is 13.9. The predicted octanol–water partition coefficient (Wildman–Crippen LogP) is 4.24. The second kappa shape index (κ2) is 13.0. The molecule has 0 bridgehead atoms. The lowest BCUT2D eigenvalue weighted by Gasteiger charge is -2.34. The molecule has 0 aliphatic carbocycles. The molecule has 0 aliphatic heterocycles. The third-order valence-electron chi connectivity index (χ3n) is 5.64. The van der Waals surface area contributed by atoms with Gasteiger partial charge in [0.2, 0.25) is 5.91 Å². The summed E-state index contributed by atoms with van der Waals surface area (Å²) in [6.07, 6.45) is -0.771. The van der Waals surface area contributed by atoms with Crippen molar-refractivity contribution in [3.8, 4) is 0 Å². The number of benzene rings is 2. The van der Waals surface area contributed by atoms with Crippen molar-refractivity contribution in [1.82, 2.24) is 10.2 Å². The van der Waals surface area contributed by atoms with E-state index < -0.39 is 35.6 Å². The maximum Gasteiger partial charge on any atom is 0.408 e. The van der Waals surface area contributed by atoms with Crippen LogP contribution in [0.3, 0.4) is 0 Å². The lowest BCUT2D eigenvalue weighted by atomic mass is 9.98. The van der Waals surface area contributed by atoms with Crippen LogP contribution in [0.15, 0.2) is 36.4 Å². The van der Waals surface area contributed by atoms with Crippen LogP contribution < -0.4 is 10.6 Å². The first kappa shape index (κ1) is 30.2. The number of aliphatic hydroxyl groups is 1. The Morgan fingerprint density at radius 2 is 1.59 bits per heavy atom. The number of hydrogen-bond donors (Lipinski definition) is 4. The van der Waals surface area contributed by atoms with Gasteiger partial charge in [0.25, 0.3) is 5.91 Å². The highest BCUT2D eigenvalue weighted by Crippen LogP contribution is 2.28. The Kier molecular flexibility index (Phi) is 10.6. The quantitative estimate of drug-likeness (QED) is 0.364. The number of carbonyl (C=O) groups excluding carboxylic acids is 3. The number of thiol groups is 1. The topological polar surface area (TPSA) is 108 Å². The van der Waals surface area contributed by atoms with Crippen LogP contribution in [-0.2, 0) is 14.3 Å². The first-order valence-electron chi connectivity index (χ1n) is 12.2. The SMILES string of the molecule is Cc1cc(C)cc(C(C(=O)Nc2c(C)cccc2C)N(CCO)C(=O)C(CS)NC(=O)OC(C)(C)C)c1. The van der Waals surface area contributed by atoms with Gasteiger partial charge < -0.3 is 25.4 Å². The number of aliphatic hydroxyl groups excluding tert-OH is 1. The van der Waals surface area contributed by atoms with E-state index in [2.05, 4.69) is 23.3 Å². The molecule has 2 aromatic carbocycles. The van der Waals surface area contributed by atoms with Gasteiger partial charge in [0, 0.05) is 18.0 Å². The normalized spacial score (nSPS) is 12.9. The van der Waals surface area contributed by atoms with Crippen LogP contribution in [0.25, 0.3) is 0 Å². The largest absolute Gasteiger partial charge is 0.444 e. The molecule has 0 radical (unpaired) electrons. The molecule has 0 fully saturated rings. The van der Waals surface area contributed by atoms with E-state index in [-0.39, 0.29) is 18.9 Å². The molecule has 37 heavy (non-hydrogen) atoms. The van der Waals surface area contributed by atoms with E-state index in [0.717, 1.165) is 22.3 Å². The predicted molar refractivity (Wildman–Crippen MR) is 149 cm³/mol. The Hall–Kier alpha value is -3.04. The molecule has 2 unspecified atom stereocenters. The summed E-state index contributed by atoms with van der Waals surface area (Å²) in [4.78, 5) is 41.3. The zero-order chi connectivity index (χ0) is 27.9. The van der Waals surface area contributed by atoms with Crippen LogP contribution in [0.4, 0.5) is 10.5 Å². The van der Waals surface area contributed by atoms with Crippen molar-refractivity contribution in [2.24, 2.45) is 0 Å². The lowest BCUT2D eigenvalue weighted by Crippen LogP contribution is -2.53. The molecule has 0 aliphatic rings. The van der Waals surface area contributed by atoms with Crippen molar-refractivity contribution in [3.05, 3.63) is 64.2 Å². The zero-order valence-electron chi connectivity index (χ0n) is 22.7. The third-order valence-corrected chi connectivity index (χ3v) is 6.01. The number of nitrogens with zero attached hydrogens (tertiary/aromatic N) is 1. The fourth-order valence-electron chi connectivity index (χ4n) is 4.15. The Morgan fingerprint density at radius 3 is 2.08 bits per heavy atom. The number of alkyl carbamates (subject to hydrolysis) is 1. The Balaban J connectivity index is 2.53. The van der Waals surface area contributed by atoms with Crippen LogP contribution in [0.2, 0.25) is 0 Å². The summed E-state index contributed by atoms with van der Waals surface area (Å²) >= 11 is 4.27. The molecule has 0 heterocycles. The number of aryl methyl sites for hydroxylation is 4. The first-order chi connectivity index (χ1) is 17.3. The van der Waals surface area contributed by atoms with E-state index in [4.69, 9.17) is 4.74 Å². The smallest absolute Gasteiger partial charge is 0.408 e. The molecule has 0 saturated carbocycles. The summed E-state index contributed by atoms with van der Waals surface area (Å²) in [5.41, 5.74) is 4.11. The number of rotatable bonds is 9. The van der Waals surface area contributed by atoms with Gasteiger partial charge in [-0.15, -0.1) is 0 Å². The summed E-state index contributed by atoms with van der Waals surface area (Å²) < 4.78 is 5.31. The van der Waals surface area contributed by atoms with E-state index in [0.29, 0.717) is 11.3 Å². The molecule has 0 spiro atoms. The van der Waals surface area contributed by atoms with E-state index in [1.807, 2.05) is 64.1 Å². The number of carbonyl (C=O) groups is 3. The fourth-order valence-corrected chi connectivity index (χ4v) is 4.40. The van der Waals surface area contributed by atoms with Gasteiger partial charge in [0.1, 0.15) is 17.7 Å². The lowest BCUT2D eigenvalue weighted by molar-refractivity contribution is -0.140. The number of ether oxygens (including phenoxy) is 1. The van der Waals surface area contributed by atoms with E-state index in [1.54, 1.807) is 20.8 Å². The number of amides is 3. The maximum absolute atomic E-state index is 13.9. The van der Waals surface area contributed by atoms with Gasteiger partial charge in [-0.3, -0.25) is 9.59 Å². The van der Waals surface area contributed by atoms with Gasteiger partial charge in [-0.25, -0.2) is 4.79 Å². The zero-order valence-corrected chi connectivity index (χ0v) is 23.6. The third kappa shape index (κ3) is 8.50. The van der Waals surface area contributed by atoms with Gasteiger partial charge >= 0.3 is 6.09 Å². The minimum atomic E-state index is -1.08. The summed E-state index contributed by atoms with van der Waals surface area (Å²) in [5, 5.41) is 15.4. The average Bonchev–Trinajstić information content (AvgIpc) is 2.77. The van der Waals surface area contributed by atoms with Crippen LogP contribution in [0.1, 0.15) is 54.6 Å². The van der Waals surface area contributed by atoms with Crippen molar-refractivity contribution in [1.29, 1.82) is 0 Å². The van der Waals surface area contributed by atoms with Crippen LogP contribution in [-0.4, -0.2) is 58.5 Å². The summed E-state index contributed by atoms with van der Waals surface area (Å²) in [6.45, 7) is 12.3. The van der Waals surface area contributed by atoms with Crippen molar-refractivity contribution >= 4 is 36.2 Å². The molecular formula is C28H39N3O5S. The number of anilines is 1. The molecule has 9 heteroatoms. The van der Waals surface area contributed by atoms with Crippen molar-refractivity contribution < 1.29 is 24.2 Å². The Labute approximate surface area is 225 Å². The van der Waals surface area contributed by atoms with Crippen LogP contribution in [0.5, 0.6) is 0 Å². The molecule has 0 aromatic heterocycles. The standard InChI is InChI=1S/C28H39N3O5S/c1-17-13-18(2)15-21(14-17)24(25(33)30-23-19(3)9-8-10-20(23)4)31(11-12-32)26(34)22(16-37)29-27(35)36-28(5,6)7/h8-10,13-15,22,24,32,37H,11-12,16H2,1-7H3,(H,29,35)(H,30,33). The van der Waals surface area contributed by atoms with Gasteiger partial charge in [0.15, 0.2) is 0 Å². The van der Waals surface area contributed by atoms with Gasteiger partial charge in [-0.1, -0.05) is 47.5 Å². The minimum absolute atomic E-state index is 0.0297. The monoisotopic (exact) mass is 529 g/mol. The Morgan fingerprint density at radius 1 is 1.03 bits per heavy atom. The van der Waals surface area contributed by atoms with E-state index >= 15 is 0 Å². The molecule has 2 rings (SSSR count). The van der Waals surface area contributed by atoms with Gasteiger partial charge in [-0.2, -0.15) is 12.6 Å². The number of nitrogens with one attached hydrogen (secondary N) is 2. The highest BCUT2D eigenvalue weighted by atomic mass is 32.1. The molecule has 2 aromatic rings. The highest BCUT2D eigenvalue weighted by Gasteiger charge is 2.36. The van der Waals surface area contributed by atoms with Crippen LogP contribution >= 0.6 is 12.6 Å². The second-order valence-corrected chi connectivity index (χ2v) is 10.6. The average molecular weight is 530 g/mol. The van der Waals surface area contributed by atoms with Crippen molar-refractivity contribution in [2.75, 3.05) is 24.2 Å². The fraction of sp³-hybridized carbons (Fsp3) is 0.464. The van der Waals surface area contributed by atoms with Crippen molar-refractivity contribution in [3.63, 3.8) is 0 Å². The summed E-state index contributed by atoms with van der Waals surface area (Å²) in [6, 6.07) is 9.21. The molecule has 3 amide bonds. The molecule has 2 atom stereocenters. The number of para-hydroxylation sites is 1. The van der Waals surface area contributed by atoms with Crippen LogP contribution in [0, 0.1) is 27.7 Å². The highest BCUT2D eigenvalue weighted by molar-refractivity contribution is 7.80. The summed E-state index contributed by atoms with van der Waals surface area (Å²) in [5.74, 6) is -1.02. The van der Waals surface area contributed by atoms with Crippen molar-refractivity contribution in [2.45, 2.75) is 66.2 Å². The molecule has 0 saturated heterocycles. The first-order valence-corrected chi connectivity index (χ1v) is 12.9. The van der Waals surface area contributed by atoms with E-state index in [9.17, 15) is 19.5 Å². The molecule has 8 nitrogen and oxygen atoms in total. The molecule has 202 valence electrons. The second-order valence-electron chi connectivity index (χ2n) is 10.2. The molecular weight excluding hydrogens is 490 g/mol. The van der Waals surface area contributed by atoms with Gasteiger partial charge in [-0.05, 0) is 65.2 Å². The number of hydrogen-bond acceptors (Lipinski definition) is 6. The minimum Gasteiger partial charge on any atom is -0.444 e.